The van der Waals surface area contributed by atoms with E-state index in [1.54, 1.807) is 36.4 Å². The minimum absolute atomic E-state index is 0.0388. The molecule has 0 aliphatic heterocycles. The van der Waals surface area contributed by atoms with Crippen LogP contribution in [0, 0.1) is 17.1 Å². The number of hydrogen-bond acceptors (Lipinski definition) is 4. The Morgan fingerprint density at radius 2 is 1.80 bits per heavy atom. The molecule has 0 radical (unpaired) electrons. The van der Waals surface area contributed by atoms with Gasteiger partial charge in [-0.3, -0.25) is 4.79 Å². The molecule has 1 aliphatic rings. The van der Waals surface area contributed by atoms with Crippen molar-refractivity contribution in [3.05, 3.63) is 94.5 Å². The normalized spacial score (nSPS) is 15.8. The summed E-state index contributed by atoms with van der Waals surface area (Å²) in [6.07, 6.45) is 2.06. The van der Waals surface area contributed by atoms with Gasteiger partial charge in [-0.1, -0.05) is 55.8 Å². The van der Waals surface area contributed by atoms with Crippen LogP contribution in [0.1, 0.15) is 44.2 Å². The Morgan fingerprint density at radius 3 is 2.49 bits per heavy atom. The van der Waals surface area contributed by atoms with E-state index in [4.69, 9.17) is 26.5 Å². The van der Waals surface area contributed by atoms with E-state index >= 15 is 0 Å². The van der Waals surface area contributed by atoms with Gasteiger partial charge in [-0.25, -0.2) is 9.80 Å². The molecule has 180 valence electrons. The van der Waals surface area contributed by atoms with Gasteiger partial charge in [-0.2, -0.15) is 0 Å². The van der Waals surface area contributed by atoms with Crippen LogP contribution in [0.25, 0.3) is 16.7 Å². The number of hydrogen-bond donors (Lipinski definition) is 1. The van der Waals surface area contributed by atoms with Crippen LogP contribution < -0.4 is 4.74 Å². The molecule has 35 heavy (non-hydrogen) atoms. The first-order valence-corrected chi connectivity index (χ1v) is 12.1. The van der Waals surface area contributed by atoms with Crippen molar-refractivity contribution in [2.75, 3.05) is 0 Å². The van der Waals surface area contributed by atoms with E-state index in [1.807, 2.05) is 38.1 Å². The quantitative estimate of drug-likeness (QED) is 0.282. The Morgan fingerprint density at radius 1 is 1.03 bits per heavy atom. The van der Waals surface area contributed by atoms with Crippen LogP contribution in [0.3, 0.4) is 0 Å². The molecule has 0 amide bonds. The summed E-state index contributed by atoms with van der Waals surface area (Å²) in [6.45, 7) is 4.04. The fraction of sp³-hybridized carbons (Fsp3) is 0.241. The summed E-state index contributed by atoms with van der Waals surface area (Å²) in [4.78, 5) is 13.3. The van der Waals surface area contributed by atoms with Crippen molar-refractivity contribution in [3.63, 3.8) is 0 Å². The Hall–Kier alpha value is -3.44. The van der Waals surface area contributed by atoms with E-state index in [0.717, 1.165) is 12.0 Å². The van der Waals surface area contributed by atoms with Gasteiger partial charge in [0, 0.05) is 22.9 Å². The van der Waals surface area contributed by atoms with Gasteiger partial charge in [-0.05, 0) is 72.4 Å². The largest absolute Gasteiger partial charge is 0.415 e. The van der Waals surface area contributed by atoms with Crippen molar-refractivity contribution >= 4 is 29.0 Å². The van der Waals surface area contributed by atoms with Crippen LogP contribution in [0.5, 0.6) is 5.75 Å². The third kappa shape index (κ3) is 5.46. The van der Waals surface area contributed by atoms with Crippen molar-refractivity contribution in [2.24, 2.45) is 5.92 Å². The molecule has 0 aromatic heterocycles. The number of carbonyl (C=O) groups is 1. The number of Topliss-reactive ketones (excluding diaryl/α,β-unsaturated/α-hetero) is 1. The van der Waals surface area contributed by atoms with E-state index < -0.39 is 11.9 Å². The molecule has 0 bridgehead atoms. The van der Waals surface area contributed by atoms with Gasteiger partial charge in [-0.15, -0.1) is 0 Å². The third-order valence-corrected chi connectivity index (χ3v) is 6.50. The lowest BCUT2D eigenvalue weighted by Crippen LogP contribution is -2.24. The highest BCUT2D eigenvalue weighted by atomic mass is 35.5. The number of rotatable bonds is 6. The highest BCUT2D eigenvalue weighted by Crippen LogP contribution is 2.39. The minimum Gasteiger partial charge on any atom is -0.415 e. The predicted molar refractivity (Wildman–Crippen MR) is 137 cm³/mol. The van der Waals surface area contributed by atoms with Crippen molar-refractivity contribution in [3.8, 4) is 16.9 Å². The average Bonchev–Trinajstić information content (AvgIpc) is 2.85. The highest BCUT2D eigenvalue weighted by molar-refractivity contribution is 6.30. The molecule has 0 spiro atoms. The molecule has 3 aromatic rings. The SMILES string of the molecule is CCc1ccc(-c2ccc(Cl)cc2F)cc1C1=C(OC(=N)Oc2ccccc2)C(CC)CCC1=O. The molecule has 1 aliphatic carbocycles. The van der Waals surface area contributed by atoms with Crippen LogP contribution in [0.15, 0.2) is 72.5 Å². The molecule has 0 saturated heterocycles. The first-order chi connectivity index (χ1) is 16.9. The van der Waals surface area contributed by atoms with Gasteiger partial charge in [0.1, 0.15) is 17.3 Å². The van der Waals surface area contributed by atoms with Gasteiger partial charge in [0.15, 0.2) is 5.78 Å². The Bertz CT molecular complexity index is 1290. The number of para-hydroxylation sites is 1. The maximum Gasteiger partial charge on any atom is 0.391 e. The lowest BCUT2D eigenvalue weighted by atomic mass is 9.80. The van der Waals surface area contributed by atoms with Crippen LogP contribution in [0.4, 0.5) is 4.39 Å². The number of aryl methyl sites for hydroxylation is 1. The molecule has 3 aromatic carbocycles. The lowest BCUT2D eigenvalue weighted by molar-refractivity contribution is -0.114. The number of ketones is 1. The van der Waals surface area contributed by atoms with Gasteiger partial charge in [0.25, 0.3) is 0 Å². The zero-order valence-corrected chi connectivity index (χ0v) is 20.5. The molecule has 6 heteroatoms. The van der Waals surface area contributed by atoms with Crippen LogP contribution in [-0.4, -0.2) is 11.9 Å². The number of nitrogens with one attached hydrogen (secondary N) is 1. The second kappa shape index (κ2) is 10.9. The van der Waals surface area contributed by atoms with Gasteiger partial charge in [0.2, 0.25) is 0 Å². The number of halogens is 2. The standard InChI is InChI=1S/C29H27ClFNO3/c1-3-18-10-11-20(23-14-13-21(30)17-25(23)31)16-24(18)27-26(33)15-12-19(4-2)28(27)35-29(32)34-22-8-6-5-7-9-22/h5-11,13-14,16-17,19,32H,3-4,12,15H2,1-2H3. The molecule has 0 saturated carbocycles. The molecular weight excluding hydrogens is 465 g/mol. The maximum absolute atomic E-state index is 14.7. The topological polar surface area (TPSA) is 59.4 Å². The molecule has 1 N–H and O–H groups in total. The second-order valence-electron chi connectivity index (χ2n) is 8.46. The minimum atomic E-state index is -0.433. The van der Waals surface area contributed by atoms with E-state index in [-0.39, 0.29) is 11.7 Å². The Balaban J connectivity index is 1.81. The second-order valence-corrected chi connectivity index (χ2v) is 8.90. The fourth-order valence-electron chi connectivity index (χ4n) is 4.43. The van der Waals surface area contributed by atoms with Crippen LogP contribution in [-0.2, 0) is 16.0 Å². The zero-order chi connectivity index (χ0) is 24.9. The van der Waals surface area contributed by atoms with E-state index in [2.05, 4.69) is 0 Å². The predicted octanol–water partition coefficient (Wildman–Crippen LogP) is 7.84. The summed E-state index contributed by atoms with van der Waals surface area (Å²) in [5.41, 5.74) is 3.12. The van der Waals surface area contributed by atoms with Crippen molar-refractivity contribution < 1.29 is 18.7 Å². The summed E-state index contributed by atoms with van der Waals surface area (Å²) < 4.78 is 26.2. The Kier molecular flexibility index (Phi) is 7.67. The van der Waals surface area contributed by atoms with Crippen molar-refractivity contribution in [2.45, 2.75) is 39.5 Å². The van der Waals surface area contributed by atoms with Gasteiger partial charge >= 0.3 is 6.08 Å². The molecular formula is C29H27ClFNO3. The average molecular weight is 492 g/mol. The van der Waals surface area contributed by atoms with Crippen LogP contribution >= 0.6 is 11.6 Å². The van der Waals surface area contributed by atoms with Crippen molar-refractivity contribution in [1.82, 2.24) is 0 Å². The van der Waals surface area contributed by atoms with E-state index in [9.17, 15) is 9.18 Å². The fourth-order valence-corrected chi connectivity index (χ4v) is 4.59. The number of allylic oxidation sites excluding steroid dienone is 2. The molecule has 0 heterocycles. The first-order valence-electron chi connectivity index (χ1n) is 11.8. The number of ether oxygens (including phenoxy) is 2. The molecule has 1 atom stereocenters. The molecule has 4 nitrogen and oxygen atoms in total. The monoisotopic (exact) mass is 491 g/mol. The number of carbonyl (C=O) groups excluding carboxylic acids is 1. The van der Waals surface area contributed by atoms with Gasteiger partial charge in [0.05, 0.1) is 5.57 Å². The van der Waals surface area contributed by atoms with E-state index in [1.165, 1.54) is 6.07 Å². The maximum atomic E-state index is 14.7. The zero-order valence-electron chi connectivity index (χ0n) is 19.7. The summed E-state index contributed by atoms with van der Waals surface area (Å²) in [7, 11) is 0. The Labute approximate surface area is 209 Å². The molecule has 0 fully saturated rings. The van der Waals surface area contributed by atoms with E-state index in [0.29, 0.717) is 58.1 Å². The summed E-state index contributed by atoms with van der Waals surface area (Å²) >= 11 is 5.94. The van der Waals surface area contributed by atoms with Crippen molar-refractivity contribution in [1.29, 1.82) is 5.41 Å². The van der Waals surface area contributed by atoms with Gasteiger partial charge < -0.3 is 9.47 Å². The molecule has 4 rings (SSSR count). The first kappa shape index (κ1) is 24.7. The summed E-state index contributed by atoms with van der Waals surface area (Å²) in [6, 6.07) is 19.1. The highest BCUT2D eigenvalue weighted by Gasteiger charge is 2.32. The lowest BCUT2D eigenvalue weighted by Gasteiger charge is -2.28. The summed E-state index contributed by atoms with van der Waals surface area (Å²) in [5, 5.41) is 8.64. The summed E-state index contributed by atoms with van der Waals surface area (Å²) in [5.74, 6) is 0.388. The number of benzene rings is 3. The molecule has 1 unspecified atom stereocenters. The third-order valence-electron chi connectivity index (χ3n) is 6.27. The van der Waals surface area contributed by atoms with Crippen LogP contribution in [0.2, 0.25) is 5.02 Å². The smallest absolute Gasteiger partial charge is 0.391 e.